The number of halogens is 2. The molecular formula is C14H12F2O2S. The Balaban J connectivity index is 2.40. The normalized spacial score (nSPS) is 12.4. The van der Waals surface area contributed by atoms with Crippen LogP contribution in [0.3, 0.4) is 0 Å². The van der Waals surface area contributed by atoms with E-state index in [1.165, 1.54) is 24.3 Å². The van der Waals surface area contributed by atoms with Gasteiger partial charge >= 0.3 is 5.25 Å². The van der Waals surface area contributed by atoms with Crippen molar-refractivity contribution >= 4 is 9.84 Å². The predicted molar refractivity (Wildman–Crippen MR) is 69.7 cm³/mol. The third kappa shape index (κ3) is 2.66. The van der Waals surface area contributed by atoms with Gasteiger partial charge in [0.1, 0.15) is 0 Å². The van der Waals surface area contributed by atoms with Crippen molar-refractivity contribution in [3.63, 3.8) is 0 Å². The smallest absolute Gasteiger partial charge is 0.217 e. The molecule has 0 saturated heterocycles. The lowest BCUT2D eigenvalue weighted by Gasteiger charge is -2.12. The van der Waals surface area contributed by atoms with Gasteiger partial charge in [0.15, 0.2) is 0 Å². The standard InChI is InChI=1S/C14H12F2O2S/c1-14(15,16)19(17,18)13-9-7-12(8-10-13)11-5-3-2-4-6-11/h2-10H,1H3. The molecule has 5 heteroatoms. The largest absolute Gasteiger partial charge is 0.347 e. The highest BCUT2D eigenvalue weighted by atomic mass is 32.2. The van der Waals surface area contributed by atoms with Gasteiger partial charge in [-0.25, -0.2) is 8.42 Å². The Hall–Kier alpha value is -1.75. The molecule has 0 aliphatic carbocycles. The molecule has 0 heterocycles. The zero-order chi connectivity index (χ0) is 14.1. The summed E-state index contributed by atoms with van der Waals surface area (Å²) < 4.78 is 49.1. The van der Waals surface area contributed by atoms with Gasteiger partial charge in [0, 0.05) is 6.92 Å². The topological polar surface area (TPSA) is 34.1 Å². The van der Waals surface area contributed by atoms with Crippen LogP contribution in [0.25, 0.3) is 11.1 Å². The second-order valence-electron chi connectivity index (χ2n) is 4.20. The van der Waals surface area contributed by atoms with Crippen LogP contribution in [-0.4, -0.2) is 13.7 Å². The Morgan fingerprint density at radius 1 is 0.842 bits per heavy atom. The van der Waals surface area contributed by atoms with Crippen LogP contribution in [0.5, 0.6) is 0 Å². The van der Waals surface area contributed by atoms with Gasteiger partial charge in [0.25, 0.3) is 0 Å². The number of rotatable bonds is 3. The van der Waals surface area contributed by atoms with E-state index in [2.05, 4.69) is 0 Å². The lowest BCUT2D eigenvalue weighted by Crippen LogP contribution is -2.24. The zero-order valence-electron chi connectivity index (χ0n) is 10.2. The van der Waals surface area contributed by atoms with Crippen molar-refractivity contribution in [1.29, 1.82) is 0 Å². The maximum absolute atomic E-state index is 13.0. The maximum atomic E-state index is 13.0. The van der Waals surface area contributed by atoms with Crippen LogP contribution in [0.4, 0.5) is 8.78 Å². The van der Waals surface area contributed by atoms with Crippen molar-refractivity contribution in [2.75, 3.05) is 0 Å². The van der Waals surface area contributed by atoms with E-state index >= 15 is 0 Å². The highest BCUT2D eigenvalue weighted by Crippen LogP contribution is 2.29. The van der Waals surface area contributed by atoms with E-state index in [0.717, 1.165) is 11.1 Å². The van der Waals surface area contributed by atoms with Gasteiger partial charge < -0.3 is 0 Å². The van der Waals surface area contributed by atoms with E-state index in [9.17, 15) is 17.2 Å². The van der Waals surface area contributed by atoms with E-state index in [-0.39, 0.29) is 4.90 Å². The molecule has 0 spiro atoms. The summed E-state index contributed by atoms with van der Waals surface area (Å²) in [7, 11) is -4.61. The minimum atomic E-state index is -4.61. The second-order valence-corrected chi connectivity index (χ2v) is 6.40. The van der Waals surface area contributed by atoms with E-state index < -0.39 is 15.1 Å². The highest BCUT2D eigenvalue weighted by Gasteiger charge is 2.40. The summed E-state index contributed by atoms with van der Waals surface area (Å²) in [6.07, 6.45) is 0. The fourth-order valence-corrected chi connectivity index (χ4v) is 2.57. The van der Waals surface area contributed by atoms with Gasteiger partial charge in [-0.2, -0.15) is 8.78 Å². The minimum absolute atomic E-state index is 0.375. The number of alkyl halides is 2. The molecule has 0 fully saturated rings. The van der Waals surface area contributed by atoms with Crippen molar-refractivity contribution in [3.8, 4) is 11.1 Å². The van der Waals surface area contributed by atoms with Crippen molar-refractivity contribution in [1.82, 2.24) is 0 Å². The summed E-state index contributed by atoms with van der Waals surface area (Å²) in [4.78, 5) is -0.375. The van der Waals surface area contributed by atoms with Crippen LogP contribution in [0, 0.1) is 0 Å². The van der Waals surface area contributed by atoms with Gasteiger partial charge in [-0.05, 0) is 23.3 Å². The molecule has 0 aromatic heterocycles. The number of sulfone groups is 1. The molecular weight excluding hydrogens is 270 g/mol. The Kier molecular flexibility index (Phi) is 3.41. The molecule has 19 heavy (non-hydrogen) atoms. The summed E-state index contributed by atoms with van der Waals surface area (Å²) in [5.74, 6) is 0. The van der Waals surface area contributed by atoms with Crippen molar-refractivity contribution in [2.45, 2.75) is 17.1 Å². The average molecular weight is 282 g/mol. The Morgan fingerprint density at radius 2 is 1.32 bits per heavy atom. The molecule has 2 nitrogen and oxygen atoms in total. The summed E-state index contributed by atoms with van der Waals surface area (Å²) in [6, 6.07) is 14.7. The summed E-state index contributed by atoms with van der Waals surface area (Å²) in [6.45, 7) is 0.382. The van der Waals surface area contributed by atoms with E-state index in [0.29, 0.717) is 6.92 Å². The fourth-order valence-electron chi connectivity index (χ4n) is 1.66. The SMILES string of the molecule is CC(F)(F)S(=O)(=O)c1ccc(-c2ccccc2)cc1. The van der Waals surface area contributed by atoms with Crippen LogP contribution in [-0.2, 0) is 9.84 Å². The third-order valence-corrected chi connectivity index (χ3v) is 4.58. The molecule has 2 aromatic carbocycles. The number of hydrogen-bond acceptors (Lipinski definition) is 2. The monoisotopic (exact) mass is 282 g/mol. The molecule has 0 unspecified atom stereocenters. The number of benzene rings is 2. The molecule has 0 bridgehead atoms. The van der Waals surface area contributed by atoms with E-state index in [1.807, 2.05) is 30.3 Å². The fraction of sp³-hybridized carbons (Fsp3) is 0.143. The van der Waals surface area contributed by atoms with Gasteiger partial charge in [0.05, 0.1) is 4.90 Å². The summed E-state index contributed by atoms with van der Waals surface area (Å²) >= 11 is 0. The molecule has 0 amide bonds. The second kappa shape index (κ2) is 4.74. The van der Waals surface area contributed by atoms with E-state index in [4.69, 9.17) is 0 Å². The zero-order valence-corrected chi connectivity index (χ0v) is 11.0. The highest BCUT2D eigenvalue weighted by molar-refractivity contribution is 7.92. The quantitative estimate of drug-likeness (QED) is 0.859. The van der Waals surface area contributed by atoms with Gasteiger partial charge in [-0.3, -0.25) is 0 Å². The number of hydrogen-bond donors (Lipinski definition) is 0. The average Bonchev–Trinajstić information content (AvgIpc) is 2.39. The van der Waals surface area contributed by atoms with Crippen LogP contribution >= 0.6 is 0 Å². The molecule has 0 N–H and O–H groups in total. The molecule has 0 radical (unpaired) electrons. The minimum Gasteiger partial charge on any atom is -0.217 e. The first-order valence-electron chi connectivity index (χ1n) is 5.60. The Bertz CT molecular complexity index is 657. The van der Waals surface area contributed by atoms with Crippen LogP contribution < -0.4 is 0 Å². The summed E-state index contributed by atoms with van der Waals surface area (Å²) in [5, 5.41) is -3.78. The van der Waals surface area contributed by atoms with Gasteiger partial charge in [0.2, 0.25) is 9.84 Å². The van der Waals surface area contributed by atoms with E-state index in [1.54, 1.807) is 0 Å². The lowest BCUT2D eigenvalue weighted by molar-refractivity contribution is 0.114. The molecule has 0 aliphatic rings. The molecule has 0 aliphatic heterocycles. The summed E-state index contributed by atoms with van der Waals surface area (Å²) in [5.41, 5.74) is 1.67. The first-order chi connectivity index (χ1) is 8.82. The van der Waals surface area contributed by atoms with Gasteiger partial charge in [-0.15, -0.1) is 0 Å². The Labute approximate surface area is 110 Å². The first kappa shape index (κ1) is 13.7. The van der Waals surface area contributed by atoms with Crippen LogP contribution in [0.1, 0.15) is 6.92 Å². The van der Waals surface area contributed by atoms with Gasteiger partial charge in [-0.1, -0.05) is 42.5 Å². The molecule has 0 atom stereocenters. The molecule has 0 saturated carbocycles. The molecule has 2 aromatic rings. The van der Waals surface area contributed by atoms with Crippen LogP contribution in [0.2, 0.25) is 0 Å². The lowest BCUT2D eigenvalue weighted by atomic mass is 10.1. The molecule has 100 valence electrons. The first-order valence-corrected chi connectivity index (χ1v) is 7.08. The molecule has 2 rings (SSSR count). The van der Waals surface area contributed by atoms with Crippen molar-refractivity contribution < 1.29 is 17.2 Å². The van der Waals surface area contributed by atoms with Crippen molar-refractivity contribution in [3.05, 3.63) is 54.6 Å². The Morgan fingerprint density at radius 3 is 1.79 bits per heavy atom. The predicted octanol–water partition coefficient (Wildman–Crippen LogP) is 3.74. The van der Waals surface area contributed by atoms with Crippen molar-refractivity contribution in [2.24, 2.45) is 0 Å². The third-order valence-electron chi connectivity index (χ3n) is 2.74. The van der Waals surface area contributed by atoms with Crippen LogP contribution in [0.15, 0.2) is 59.5 Å². The maximum Gasteiger partial charge on any atom is 0.347 e.